The molecule has 1 aliphatic carbocycles. The van der Waals surface area contributed by atoms with Gasteiger partial charge in [-0.1, -0.05) is 19.0 Å². The van der Waals surface area contributed by atoms with Crippen molar-refractivity contribution in [1.82, 2.24) is 10.1 Å². The number of hydrogen-bond acceptors (Lipinski definition) is 6. The van der Waals surface area contributed by atoms with Gasteiger partial charge in [0.05, 0.1) is 0 Å². The largest absolute Gasteiger partial charge is 0.370 e. The number of nitrogens with zero attached hydrogens (tertiary/aromatic N) is 2. The second kappa shape index (κ2) is 6.42. The molecule has 0 spiro atoms. The molecule has 1 unspecified atom stereocenters. The lowest BCUT2D eigenvalue weighted by Gasteiger charge is -2.41. The van der Waals surface area contributed by atoms with Crippen molar-refractivity contribution in [2.24, 2.45) is 11.1 Å². The van der Waals surface area contributed by atoms with Gasteiger partial charge in [0.2, 0.25) is 5.82 Å². The van der Waals surface area contributed by atoms with E-state index >= 15 is 0 Å². The minimum Gasteiger partial charge on any atom is -0.370 e. The predicted molar refractivity (Wildman–Crippen MR) is 78.7 cm³/mol. The van der Waals surface area contributed by atoms with Crippen molar-refractivity contribution in [1.29, 1.82) is 0 Å². The molecular weight excluding hydrogens is 270 g/mol. The highest BCUT2D eigenvalue weighted by atomic mass is 16.5. The van der Waals surface area contributed by atoms with Crippen LogP contribution in [-0.2, 0) is 15.1 Å². The highest BCUT2D eigenvalue weighted by Crippen LogP contribution is 2.46. The highest BCUT2D eigenvalue weighted by molar-refractivity contribution is 5.06. The zero-order valence-corrected chi connectivity index (χ0v) is 13.5. The van der Waals surface area contributed by atoms with Crippen molar-refractivity contribution in [2.45, 2.75) is 58.2 Å². The highest BCUT2D eigenvalue weighted by Gasteiger charge is 2.44. The summed E-state index contributed by atoms with van der Waals surface area (Å²) in [5.41, 5.74) is 5.56. The van der Waals surface area contributed by atoms with Crippen LogP contribution in [0.15, 0.2) is 4.52 Å². The van der Waals surface area contributed by atoms with Gasteiger partial charge in [-0.25, -0.2) is 0 Å². The van der Waals surface area contributed by atoms with Crippen LogP contribution in [0.2, 0.25) is 0 Å². The smallest absolute Gasteiger partial charge is 0.257 e. The topological polar surface area (TPSA) is 83.4 Å². The number of aromatic nitrogens is 2. The molecule has 1 heterocycles. The number of methoxy groups -OCH3 is 1. The van der Waals surface area contributed by atoms with E-state index in [1.165, 1.54) is 0 Å². The molecular formula is C15H27N3O3. The monoisotopic (exact) mass is 297 g/mol. The van der Waals surface area contributed by atoms with Gasteiger partial charge in [-0.2, -0.15) is 4.98 Å². The first kappa shape index (κ1) is 16.4. The van der Waals surface area contributed by atoms with E-state index in [0.717, 1.165) is 25.7 Å². The van der Waals surface area contributed by atoms with Gasteiger partial charge in [0.25, 0.3) is 5.89 Å². The molecule has 1 saturated carbocycles. The maximum atomic E-state index is 6.05. The molecule has 1 aromatic rings. The summed E-state index contributed by atoms with van der Waals surface area (Å²) in [4.78, 5) is 4.51. The Labute approximate surface area is 126 Å². The third-order valence-corrected chi connectivity index (χ3v) is 4.46. The van der Waals surface area contributed by atoms with E-state index in [4.69, 9.17) is 19.7 Å². The minimum atomic E-state index is -0.432. The minimum absolute atomic E-state index is 0.312. The Morgan fingerprint density at radius 3 is 2.48 bits per heavy atom. The van der Waals surface area contributed by atoms with E-state index in [9.17, 15) is 0 Å². The van der Waals surface area contributed by atoms with Crippen molar-refractivity contribution in [3.8, 4) is 0 Å². The van der Waals surface area contributed by atoms with Crippen LogP contribution in [0.5, 0.6) is 0 Å². The Kier molecular flexibility index (Phi) is 5.01. The van der Waals surface area contributed by atoms with E-state index in [-0.39, 0.29) is 6.10 Å². The number of rotatable bonds is 6. The summed E-state index contributed by atoms with van der Waals surface area (Å²) in [5.74, 6) is 1.06. The standard InChI is InChI=1S/C15H27N3O3/c1-5-20-15(8-6-14(2,3)7-9-15)13-17-12(21-18-13)11(10-16)19-4/h11H,5-10,16H2,1-4H3. The second-order valence-electron chi connectivity index (χ2n) is 6.51. The van der Waals surface area contributed by atoms with E-state index in [1.807, 2.05) is 6.92 Å². The number of nitrogens with two attached hydrogens (primary N) is 1. The van der Waals surface area contributed by atoms with Crippen LogP contribution in [0.1, 0.15) is 64.3 Å². The fourth-order valence-electron chi connectivity index (χ4n) is 2.89. The Morgan fingerprint density at radius 1 is 1.29 bits per heavy atom. The normalized spacial score (nSPS) is 22.1. The van der Waals surface area contributed by atoms with E-state index < -0.39 is 5.60 Å². The van der Waals surface area contributed by atoms with Crippen LogP contribution in [0, 0.1) is 5.41 Å². The molecule has 0 radical (unpaired) electrons. The van der Waals surface area contributed by atoms with Gasteiger partial charge in [0.1, 0.15) is 11.7 Å². The van der Waals surface area contributed by atoms with Gasteiger partial charge in [0.15, 0.2) is 0 Å². The van der Waals surface area contributed by atoms with Crippen LogP contribution in [0.3, 0.4) is 0 Å². The third-order valence-electron chi connectivity index (χ3n) is 4.46. The van der Waals surface area contributed by atoms with Crippen molar-refractivity contribution >= 4 is 0 Å². The van der Waals surface area contributed by atoms with Gasteiger partial charge in [-0.05, 0) is 38.0 Å². The Balaban J connectivity index is 2.23. The average molecular weight is 297 g/mol. The van der Waals surface area contributed by atoms with Gasteiger partial charge in [0, 0.05) is 20.3 Å². The molecule has 0 aromatic carbocycles. The Morgan fingerprint density at radius 2 is 1.95 bits per heavy atom. The average Bonchev–Trinajstić information content (AvgIpc) is 2.93. The van der Waals surface area contributed by atoms with Crippen molar-refractivity contribution in [2.75, 3.05) is 20.3 Å². The molecule has 0 amide bonds. The first-order chi connectivity index (χ1) is 9.96. The molecule has 2 N–H and O–H groups in total. The first-order valence-electron chi connectivity index (χ1n) is 7.67. The van der Waals surface area contributed by atoms with Crippen LogP contribution in [-0.4, -0.2) is 30.4 Å². The zero-order valence-electron chi connectivity index (χ0n) is 13.5. The van der Waals surface area contributed by atoms with Gasteiger partial charge < -0.3 is 19.7 Å². The van der Waals surface area contributed by atoms with Crippen molar-refractivity contribution in [3.05, 3.63) is 11.7 Å². The molecule has 0 aliphatic heterocycles. The van der Waals surface area contributed by atoms with Crippen molar-refractivity contribution in [3.63, 3.8) is 0 Å². The molecule has 0 bridgehead atoms. The molecule has 6 heteroatoms. The van der Waals surface area contributed by atoms with Gasteiger partial charge in [-0.3, -0.25) is 0 Å². The second-order valence-corrected chi connectivity index (χ2v) is 6.51. The molecule has 0 saturated heterocycles. The summed E-state index contributed by atoms with van der Waals surface area (Å²) in [6.07, 6.45) is 3.63. The van der Waals surface area contributed by atoms with Crippen LogP contribution >= 0.6 is 0 Å². The predicted octanol–water partition coefficient (Wildman–Crippen LogP) is 2.55. The molecule has 120 valence electrons. The van der Waals surface area contributed by atoms with Gasteiger partial charge >= 0.3 is 0 Å². The summed E-state index contributed by atoms with van der Waals surface area (Å²) < 4.78 is 16.6. The van der Waals surface area contributed by atoms with Crippen LogP contribution in [0.4, 0.5) is 0 Å². The number of ether oxygens (including phenoxy) is 2. The third kappa shape index (κ3) is 3.44. The summed E-state index contributed by atoms with van der Waals surface area (Å²) in [6, 6.07) is 0. The maximum Gasteiger partial charge on any atom is 0.257 e. The van der Waals surface area contributed by atoms with Crippen LogP contribution in [0.25, 0.3) is 0 Å². The Bertz CT molecular complexity index is 445. The Hall–Kier alpha value is -0.980. The zero-order chi connectivity index (χ0) is 15.5. The molecule has 2 rings (SSSR count). The van der Waals surface area contributed by atoms with E-state index in [2.05, 4.69) is 24.0 Å². The van der Waals surface area contributed by atoms with E-state index in [0.29, 0.717) is 30.3 Å². The quantitative estimate of drug-likeness (QED) is 0.868. The molecule has 1 aromatic heterocycles. The summed E-state index contributed by atoms with van der Waals surface area (Å²) >= 11 is 0. The molecule has 21 heavy (non-hydrogen) atoms. The summed E-state index contributed by atoms with van der Waals surface area (Å²) in [6.45, 7) is 7.53. The number of hydrogen-bond donors (Lipinski definition) is 1. The summed E-state index contributed by atoms with van der Waals surface area (Å²) in [7, 11) is 1.59. The van der Waals surface area contributed by atoms with E-state index in [1.54, 1.807) is 7.11 Å². The molecule has 1 fully saturated rings. The lowest BCUT2D eigenvalue weighted by molar-refractivity contribution is -0.0957. The molecule has 6 nitrogen and oxygen atoms in total. The maximum absolute atomic E-state index is 6.05. The first-order valence-corrected chi connectivity index (χ1v) is 7.67. The lowest BCUT2D eigenvalue weighted by Crippen LogP contribution is -2.38. The van der Waals surface area contributed by atoms with Crippen LogP contribution < -0.4 is 5.73 Å². The SMILES string of the molecule is CCOC1(c2noc(C(CN)OC)n2)CCC(C)(C)CC1. The summed E-state index contributed by atoms with van der Waals surface area (Å²) in [5, 5.41) is 4.15. The molecule has 1 aliphatic rings. The van der Waals surface area contributed by atoms with Gasteiger partial charge in [-0.15, -0.1) is 0 Å². The molecule has 1 atom stereocenters. The fraction of sp³-hybridized carbons (Fsp3) is 0.867. The lowest BCUT2D eigenvalue weighted by atomic mass is 9.70. The fourth-order valence-corrected chi connectivity index (χ4v) is 2.89. The van der Waals surface area contributed by atoms with Crippen molar-refractivity contribution < 1.29 is 14.0 Å².